The Morgan fingerprint density at radius 2 is 1.67 bits per heavy atom. The highest BCUT2D eigenvalue weighted by molar-refractivity contribution is 5.72. The number of esters is 1. The zero-order valence-electron chi connectivity index (χ0n) is 21.8. The zero-order valence-corrected chi connectivity index (χ0v) is 21.8. The van der Waals surface area contributed by atoms with E-state index in [1.807, 2.05) is 50.8 Å². The standard InChI is InChI=1S/C28H47NO4/c1-7-10-14-24(9-3)20-29(28(31)33-21-22(4)5)26(19-25-15-12-11-13-16-25)18-23(6)27(30)32-17-8-2/h11-13,15-16,22-24,26H,7-10,14,17-21H2,1-6H3. The summed E-state index contributed by atoms with van der Waals surface area (Å²) in [7, 11) is 0. The molecule has 0 bridgehead atoms. The van der Waals surface area contributed by atoms with Crippen molar-refractivity contribution >= 4 is 12.1 Å². The topological polar surface area (TPSA) is 55.8 Å². The van der Waals surface area contributed by atoms with E-state index in [0.29, 0.717) is 38.5 Å². The van der Waals surface area contributed by atoms with E-state index < -0.39 is 0 Å². The van der Waals surface area contributed by atoms with Crippen LogP contribution in [0, 0.1) is 17.8 Å². The molecule has 3 atom stereocenters. The molecular formula is C28H47NO4. The van der Waals surface area contributed by atoms with Gasteiger partial charge in [0, 0.05) is 12.6 Å². The minimum atomic E-state index is -0.290. The van der Waals surface area contributed by atoms with Crippen LogP contribution in [0.15, 0.2) is 30.3 Å². The fourth-order valence-corrected chi connectivity index (χ4v) is 3.95. The first-order chi connectivity index (χ1) is 15.8. The summed E-state index contributed by atoms with van der Waals surface area (Å²) in [6, 6.07) is 10.1. The van der Waals surface area contributed by atoms with Crippen molar-refractivity contribution in [2.24, 2.45) is 17.8 Å². The fourth-order valence-electron chi connectivity index (χ4n) is 3.95. The Bertz CT molecular complexity index is 661. The Morgan fingerprint density at radius 3 is 2.24 bits per heavy atom. The number of carbonyl (C=O) groups is 2. The van der Waals surface area contributed by atoms with Gasteiger partial charge in [0.15, 0.2) is 0 Å². The third-order valence-corrected chi connectivity index (χ3v) is 6.00. The number of benzene rings is 1. The molecule has 188 valence electrons. The number of nitrogens with zero attached hydrogens (tertiary/aromatic N) is 1. The second kappa shape index (κ2) is 16.6. The fraction of sp³-hybridized carbons (Fsp3) is 0.714. The number of ether oxygens (including phenoxy) is 2. The normalized spacial score (nSPS) is 13.9. The molecule has 3 unspecified atom stereocenters. The van der Waals surface area contributed by atoms with Crippen LogP contribution in [0.3, 0.4) is 0 Å². The summed E-state index contributed by atoms with van der Waals surface area (Å²) in [6.45, 7) is 13.8. The number of amides is 1. The molecule has 33 heavy (non-hydrogen) atoms. The molecule has 0 radical (unpaired) electrons. The van der Waals surface area contributed by atoms with E-state index in [-0.39, 0.29) is 29.9 Å². The first-order valence-corrected chi connectivity index (χ1v) is 13.0. The molecule has 0 aliphatic rings. The molecule has 1 amide bonds. The number of hydrogen-bond donors (Lipinski definition) is 0. The minimum Gasteiger partial charge on any atom is -0.465 e. The zero-order chi connectivity index (χ0) is 24.6. The number of unbranched alkanes of at least 4 members (excludes halogenated alkanes) is 1. The van der Waals surface area contributed by atoms with E-state index in [2.05, 4.69) is 26.0 Å². The van der Waals surface area contributed by atoms with E-state index in [4.69, 9.17) is 9.47 Å². The maximum absolute atomic E-state index is 13.3. The highest BCUT2D eigenvalue weighted by Gasteiger charge is 2.31. The molecule has 1 aromatic rings. The van der Waals surface area contributed by atoms with Crippen LogP contribution in [0.1, 0.15) is 85.6 Å². The summed E-state index contributed by atoms with van der Waals surface area (Å²) in [5.41, 5.74) is 1.15. The van der Waals surface area contributed by atoms with Crippen molar-refractivity contribution in [1.82, 2.24) is 4.90 Å². The first kappa shape index (κ1) is 29.0. The van der Waals surface area contributed by atoms with Crippen molar-refractivity contribution in [2.45, 2.75) is 92.5 Å². The predicted molar refractivity (Wildman–Crippen MR) is 135 cm³/mol. The summed E-state index contributed by atoms with van der Waals surface area (Å²) in [5, 5.41) is 0. The molecule has 5 nitrogen and oxygen atoms in total. The lowest BCUT2D eigenvalue weighted by Crippen LogP contribution is -2.46. The molecule has 0 saturated heterocycles. The van der Waals surface area contributed by atoms with Gasteiger partial charge in [-0.05, 0) is 43.1 Å². The van der Waals surface area contributed by atoms with Gasteiger partial charge >= 0.3 is 12.1 Å². The first-order valence-electron chi connectivity index (χ1n) is 13.0. The second-order valence-electron chi connectivity index (χ2n) is 9.69. The Balaban J connectivity index is 3.17. The Morgan fingerprint density at radius 1 is 0.970 bits per heavy atom. The highest BCUT2D eigenvalue weighted by atomic mass is 16.6. The van der Waals surface area contributed by atoms with Gasteiger partial charge in [0.05, 0.1) is 19.1 Å². The molecule has 0 aliphatic heterocycles. The van der Waals surface area contributed by atoms with Crippen molar-refractivity contribution in [3.05, 3.63) is 35.9 Å². The lowest BCUT2D eigenvalue weighted by atomic mass is 9.92. The molecule has 0 spiro atoms. The van der Waals surface area contributed by atoms with Crippen molar-refractivity contribution < 1.29 is 19.1 Å². The third kappa shape index (κ3) is 11.6. The molecular weight excluding hydrogens is 414 g/mol. The summed E-state index contributed by atoms with van der Waals surface area (Å²) in [5.74, 6) is 0.204. The van der Waals surface area contributed by atoms with Crippen molar-refractivity contribution in [3.63, 3.8) is 0 Å². The second-order valence-corrected chi connectivity index (χ2v) is 9.69. The van der Waals surface area contributed by atoms with Crippen LogP contribution < -0.4 is 0 Å². The van der Waals surface area contributed by atoms with Gasteiger partial charge in [-0.25, -0.2) is 4.79 Å². The van der Waals surface area contributed by atoms with Gasteiger partial charge < -0.3 is 14.4 Å². The van der Waals surface area contributed by atoms with Gasteiger partial charge in [-0.1, -0.05) is 91.1 Å². The van der Waals surface area contributed by atoms with Crippen LogP contribution in [-0.2, 0) is 20.7 Å². The van der Waals surface area contributed by atoms with E-state index in [1.54, 1.807) is 0 Å². The van der Waals surface area contributed by atoms with Gasteiger partial charge in [0.2, 0.25) is 0 Å². The largest absolute Gasteiger partial charge is 0.465 e. The summed E-state index contributed by atoms with van der Waals surface area (Å²) < 4.78 is 11.1. The smallest absolute Gasteiger partial charge is 0.410 e. The Hall–Kier alpha value is -2.04. The van der Waals surface area contributed by atoms with Crippen molar-refractivity contribution in [3.8, 4) is 0 Å². The maximum atomic E-state index is 13.3. The average Bonchev–Trinajstić information content (AvgIpc) is 2.81. The van der Waals surface area contributed by atoms with Gasteiger partial charge in [0.25, 0.3) is 0 Å². The van der Waals surface area contributed by atoms with E-state index in [9.17, 15) is 9.59 Å². The minimum absolute atomic E-state index is 0.132. The quantitative estimate of drug-likeness (QED) is 0.252. The van der Waals surface area contributed by atoms with Crippen LogP contribution in [-0.4, -0.2) is 42.8 Å². The molecule has 0 N–H and O–H groups in total. The predicted octanol–water partition coefficient (Wildman–Crippen LogP) is 6.89. The Kier molecular flexibility index (Phi) is 14.5. The summed E-state index contributed by atoms with van der Waals surface area (Å²) in [6.07, 6.45) is 6.17. The van der Waals surface area contributed by atoms with Crippen LogP contribution in [0.4, 0.5) is 4.79 Å². The van der Waals surface area contributed by atoms with Crippen LogP contribution >= 0.6 is 0 Å². The number of hydrogen-bond acceptors (Lipinski definition) is 4. The summed E-state index contributed by atoms with van der Waals surface area (Å²) >= 11 is 0. The molecule has 1 aromatic carbocycles. The van der Waals surface area contributed by atoms with Gasteiger partial charge in [-0.15, -0.1) is 0 Å². The SMILES string of the molecule is CCCCC(CC)CN(C(=O)OCC(C)C)C(Cc1ccccc1)CC(C)C(=O)OCCC. The molecule has 0 fully saturated rings. The van der Waals surface area contributed by atoms with Crippen LogP contribution in [0.2, 0.25) is 0 Å². The van der Waals surface area contributed by atoms with E-state index in [0.717, 1.165) is 37.7 Å². The van der Waals surface area contributed by atoms with Crippen molar-refractivity contribution in [1.29, 1.82) is 0 Å². The molecule has 1 rings (SSSR count). The maximum Gasteiger partial charge on any atom is 0.410 e. The lowest BCUT2D eigenvalue weighted by molar-refractivity contribution is -0.148. The van der Waals surface area contributed by atoms with Gasteiger partial charge in [-0.2, -0.15) is 0 Å². The van der Waals surface area contributed by atoms with E-state index in [1.165, 1.54) is 0 Å². The van der Waals surface area contributed by atoms with Gasteiger partial charge in [-0.3, -0.25) is 4.79 Å². The number of rotatable bonds is 16. The molecule has 0 aliphatic carbocycles. The molecule has 5 heteroatoms. The number of carbonyl (C=O) groups excluding carboxylic acids is 2. The molecule has 0 heterocycles. The highest BCUT2D eigenvalue weighted by Crippen LogP contribution is 2.23. The van der Waals surface area contributed by atoms with Gasteiger partial charge in [0.1, 0.15) is 0 Å². The average molecular weight is 462 g/mol. The third-order valence-electron chi connectivity index (χ3n) is 6.00. The molecule has 0 saturated carbocycles. The Labute approximate surface area is 202 Å². The van der Waals surface area contributed by atoms with E-state index >= 15 is 0 Å². The lowest BCUT2D eigenvalue weighted by Gasteiger charge is -2.35. The monoisotopic (exact) mass is 461 g/mol. The molecule has 0 aromatic heterocycles. The summed E-state index contributed by atoms with van der Waals surface area (Å²) in [4.78, 5) is 27.8. The van der Waals surface area contributed by atoms with Crippen molar-refractivity contribution in [2.75, 3.05) is 19.8 Å². The van der Waals surface area contributed by atoms with Crippen LogP contribution in [0.25, 0.3) is 0 Å². The van der Waals surface area contributed by atoms with Crippen LogP contribution in [0.5, 0.6) is 0 Å².